The van der Waals surface area contributed by atoms with Crippen molar-refractivity contribution in [3.63, 3.8) is 0 Å². The van der Waals surface area contributed by atoms with Crippen LogP contribution in [0.25, 0.3) is 28.1 Å². The molecule has 0 spiro atoms. The number of carbonyl (C=O) groups is 2. The highest BCUT2D eigenvalue weighted by atomic mass is 35.5. The van der Waals surface area contributed by atoms with Gasteiger partial charge in [-0.05, 0) is 60.4 Å². The van der Waals surface area contributed by atoms with Crippen LogP contribution in [0.5, 0.6) is 0 Å². The monoisotopic (exact) mass is 570 g/mol. The van der Waals surface area contributed by atoms with Gasteiger partial charge >= 0.3 is 6.09 Å². The van der Waals surface area contributed by atoms with E-state index in [1.165, 1.54) is 17.9 Å². The number of benzene rings is 2. The molecule has 0 fully saturated rings. The van der Waals surface area contributed by atoms with Crippen LogP contribution in [-0.4, -0.2) is 53.7 Å². The van der Waals surface area contributed by atoms with Gasteiger partial charge < -0.3 is 20.4 Å². The normalized spacial score (nSPS) is 14.1. The Morgan fingerprint density at radius 3 is 2.61 bits per heavy atom. The first kappa shape index (κ1) is 26.0. The summed E-state index contributed by atoms with van der Waals surface area (Å²) in [5.41, 5.74) is 10.0. The van der Waals surface area contributed by atoms with Crippen LogP contribution in [0.3, 0.4) is 0 Å². The summed E-state index contributed by atoms with van der Waals surface area (Å²) in [5.74, 6) is -0.0390. The number of nitrogens with zero attached hydrogens (tertiary/aromatic N) is 6. The molecular formula is C28H23ClN8O4. The van der Waals surface area contributed by atoms with E-state index in [1.807, 2.05) is 18.2 Å². The van der Waals surface area contributed by atoms with Gasteiger partial charge in [0, 0.05) is 35.1 Å². The second-order valence-corrected chi connectivity index (χ2v) is 10.1. The summed E-state index contributed by atoms with van der Waals surface area (Å²) >= 11 is 6.32. The molecule has 1 aliphatic heterocycles. The fourth-order valence-electron chi connectivity index (χ4n) is 5.07. The van der Waals surface area contributed by atoms with Crippen molar-refractivity contribution in [1.29, 1.82) is 0 Å². The SMILES string of the molecule is CN(C(=O)O)c1ccc(-c2cnc([C@@H]3CCc4cc(-c5cc(Cl)ccc5-n5cc(C(N)=O)nn5)cc(=O)n43)[nH]2)cc1. The minimum atomic E-state index is -1.04. The van der Waals surface area contributed by atoms with Crippen LogP contribution in [-0.2, 0) is 6.42 Å². The van der Waals surface area contributed by atoms with Crippen LogP contribution < -0.4 is 16.2 Å². The molecule has 2 aromatic carbocycles. The van der Waals surface area contributed by atoms with Crippen molar-refractivity contribution in [3.8, 4) is 28.1 Å². The molecule has 4 N–H and O–H groups in total. The second kappa shape index (κ2) is 10.1. The van der Waals surface area contributed by atoms with Crippen molar-refractivity contribution in [3.05, 3.63) is 99.6 Å². The number of carbonyl (C=O) groups excluding carboxylic acids is 1. The molecule has 13 heteroatoms. The molecule has 0 radical (unpaired) electrons. The summed E-state index contributed by atoms with van der Waals surface area (Å²) in [6.45, 7) is 0. The Labute approximate surface area is 237 Å². The summed E-state index contributed by atoms with van der Waals surface area (Å²) in [4.78, 5) is 45.3. The minimum absolute atomic E-state index is 0.0177. The molecule has 2 amide bonds. The first-order valence-electron chi connectivity index (χ1n) is 12.6. The average Bonchev–Trinajstić information content (AvgIpc) is 3.72. The number of fused-ring (bicyclic) bond motifs is 1. The van der Waals surface area contributed by atoms with Crippen LogP contribution in [0, 0.1) is 0 Å². The van der Waals surface area contributed by atoms with Crippen LogP contribution in [0.15, 0.2) is 71.8 Å². The van der Waals surface area contributed by atoms with E-state index in [4.69, 9.17) is 17.3 Å². The van der Waals surface area contributed by atoms with E-state index in [2.05, 4.69) is 20.3 Å². The van der Waals surface area contributed by atoms with Gasteiger partial charge in [0.15, 0.2) is 5.69 Å². The maximum atomic E-state index is 13.5. The zero-order chi connectivity index (χ0) is 28.8. The number of carboxylic acid groups (broad SMARTS) is 1. The Morgan fingerprint density at radius 1 is 1.12 bits per heavy atom. The molecule has 0 aliphatic carbocycles. The minimum Gasteiger partial charge on any atom is -0.465 e. The van der Waals surface area contributed by atoms with E-state index in [9.17, 15) is 19.5 Å². The number of aromatic amines is 1. The second-order valence-electron chi connectivity index (χ2n) is 9.64. The van der Waals surface area contributed by atoms with Crippen molar-refractivity contribution < 1.29 is 14.7 Å². The van der Waals surface area contributed by atoms with Gasteiger partial charge in [0.1, 0.15) is 5.82 Å². The number of halogens is 1. The van der Waals surface area contributed by atoms with E-state index < -0.39 is 12.0 Å². The number of nitrogens with one attached hydrogen (secondary N) is 1. The third-order valence-electron chi connectivity index (χ3n) is 7.16. The maximum Gasteiger partial charge on any atom is 0.411 e. The Morgan fingerprint density at radius 2 is 1.90 bits per heavy atom. The first-order chi connectivity index (χ1) is 19.7. The predicted molar refractivity (Wildman–Crippen MR) is 151 cm³/mol. The summed E-state index contributed by atoms with van der Waals surface area (Å²) in [5, 5.41) is 17.5. The lowest BCUT2D eigenvalue weighted by molar-refractivity contribution is 0.0995. The molecular weight excluding hydrogens is 548 g/mol. The molecule has 0 saturated heterocycles. The largest absolute Gasteiger partial charge is 0.465 e. The summed E-state index contributed by atoms with van der Waals surface area (Å²) in [7, 11) is 1.48. The number of anilines is 1. The van der Waals surface area contributed by atoms with Gasteiger partial charge in [-0.3, -0.25) is 14.5 Å². The lowest BCUT2D eigenvalue weighted by Crippen LogP contribution is -2.24. The van der Waals surface area contributed by atoms with Gasteiger partial charge in [0.05, 0.1) is 29.8 Å². The molecule has 206 valence electrons. The number of amides is 2. The molecule has 0 bridgehead atoms. The Balaban J connectivity index is 1.32. The lowest BCUT2D eigenvalue weighted by Gasteiger charge is -2.15. The zero-order valence-electron chi connectivity index (χ0n) is 21.7. The van der Waals surface area contributed by atoms with Crippen molar-refractivity contribution in [2.45, 2.75) is 18.9 Å². The number of aryl methyl sites for hydroxylation is 1. The number of primary amides is 1. The van der Waals surface area contributed by atoms with Gasteiger partial charge in [-0.25, -0.2) is 14.5 Å². The van der Waals surface area contributed by atoms with Crippen LogP contribution in [0.4, 0.5) is 10.5 Å². The van der Waals surface area contributed by atoms with E-state index in [0.29, 0.717) is 46.2 Å². The number of pyridine rings is 1. The smallest absolute Gasteiger partial charge is 0.411 e. The highest BCUT2D eigenvalue weighted by molar-refractivity contribution is 6.31. The molecule has 0 saturated carbocycles. The molecule has 1 atom stereocenters. The maximum absolute atomic E-state index is 13.5. The average molecular weight is 571 g/mol. The first-order valence-corrected chi connectivity index (χ1v) is 13.0. The van der Waals surface area contributed by atoms with Crippen molar-refractivity contribution in [2.24, 2.45) is 5.73 Å². The van der Waals surface area contributed by atoms with E-state index in [1.54, 1.807) is 47.2 Å². The van der Waals surface area contributed by atoms with Gasteiger partial charge in [-0.2, -0.15) is 0 Å². The topological polar surface area (TPSA) is 165 Å². The molecule has 5 aromatic rings. The van der Waals surface area contributed by atoms with E-state index >= 15 is 0 Å². The molecule has 0 unspecified atom stereocenters. The van der Waals surface area contributed by atoms with Crippen LogP contribution in [0.2, 0.25) is 5.02 Å². The van der Waals surface area contributed by atoms with Crippen molar-refractivity contribution in [1.82, 2.24) is 29.5 Å². The Hall–Kier alpha value is -5.23. The predicted octanol–water partition coefficient (Wildman–Crippen LogP) is 3.89. The Kier molecular flexibility index (Phi) is 6.39. The standard InChI is InChI=1S/C28H23ClN8O4/c1-35(28(40)41)18-5-2-15(3-6-18)21-13-31-27(32-21)24-9-7-19-10-16(11-25(38)37(19)24)20-12-17(29)4-8-23(20)36-14-22(26(30)39)33-34-36/h2-6,8,10-14,24H,7,9H2,1H3,(H2,30,39)(H,31,32)(H,40,41)/t24-/m0/s1. The number of hydrogen-bond acceptors (Lipinski definition) is 6. The molecule has 1 aliphatic rings. The molecule has 4 heterocycles. The van der Waals surface area contributed by atoms with Gasteiger partial charge in [0.25, 0.3) is 11.5 Å². The third-order valence-corrected chi connectivity index (χ3v) is 7.39. The van der Waals surface area contributed by atoms with Crippen molar-refractivity contribution >= 4 is 29.3 Å². The van der Waals surface area contributed by atoms with E-state index in [0.717, 1.165) is 21.9 Å². The number of hydrogen-bond donors (Lipinski definition) is 3. The fourth-order valence-corrected chi connectivity index (χ4v) is 5.24. The van der Waals surface area contributed by atoms with E-state index in [-0.39, 0.29) is 17.3 Å². The van der Waals surface area contributed by atoms with Crippen LogP contribution >= 0.6 is 11.6 Å². The number of H-pyrrole nitrogens is 1. The summed E-state index contributed by atoms with van der Waals surface area (Å²) < 4.78 is 3.16. The summed E-state index contributed by atoms with van der Waals surface area (Å²) in [6, 6.07) is 15.5. The molecule has 6 rings (SSSR count). The van der Waals surface area contributed by atoms with Gasteiger partial charge in [0.2, 0.25) is 0 Å². The number of aromatic nitrogens is 6. The molecule has 41 heavy (non-hydrogen) atoms. The lowest BCUT2D eigenvalue weighted by atomic mass is 10.0. The Bertz CT molecular complexity index is 1870. The number of rotatable bonds is 6. The highest BCUT2D eigenvalue weighted by Crippen LogP contribution is 2.34. The third kappa shape index (κ3) is 4.74. The van der Waals surface area contributed by atoms with Crippen LogP contribution in [0.1, 0.15) is 34.5 Å². The quantitative estimate of drug-likeness (QED) is 0.278. The van der Waals surface area contributed by atoms with Gasteiger partial charge in [-0.1, -0.05) is 28.9 Å². The zero-order valence-corrected chi connectivity index (χ0v) is 22.4. The number of imidazole rings is 1. The fraction of sp³-hybridized carbons (Fsp3) is 0.143. The molecule has 3 aromatic heterocycles. The number of nitrogens with two attached hydrogens (primary N) is 1. The highest BCUT2D eigenvalue weighted by Gasteiger charge is 2.28. The summed E-state index contributed by atoms with van der Waals surface area (Å²) in [6.07, 6.45) is 3.43. The van der Waals surface area contributed by atoms with Gasteiger partial charge in [-0.15, -0.1) is 5.10 Å². The molecule has 12 nitrogen and oxygen atoms in total. The van der Waals surface area contributed by atoms with Crippen molar-refractivity contribution in [2.75, 3.05) is 11.9 Å².